The molecule has 0 aliphatic rings. The van der Waals surface area contributed by atoms with E-state index in [-0.39, 0.29) is 0 Å². The molecule has 0 amide bonds. The lowest BCUT2D eigenvalue weighted by Gasteiger charge is -2.46. The Bertz CT molecular complexity index is 1260. The fraction of sp³-hybridized carbons (Fsp3) is 0.0526. The van der Waals surface area contributed by atoms with Crippen molar-refractivity contribution in [3.05, 3.63) is 215 Å². The van der Waals surface area contributed by atoms with Crippen LogP contribution in [0.1, 0.15) is 33.4 Å². The standard InChI is InChI=1S/C38H31P/c1-7-19-31(20-8-1)37(32-21-9-2-10-22-32,33-23-11-3-12-24-33)39-38(34-25-13-4-14-26-34,35-27-15-5-16-28-35)36-29-17-6-18-30-36/h1-30,39H. The highest BCUT2D eigenvalue weighted by atomic mass is 31.1. The molecule has 1 heteroatoms. The minimum Gasteiger partial charge on any atom is -0.0809 e. The Morgan fingerprint density at radius 2 is 0.385 bits per heavy atom. The molecule has 0 atom stereocenters. The van der Waals surface area contributed by atoms with E-state index in [9.17, 15) is 0 Å². The predicted octanol–water partition coefficient (Wildman–Crippen LogP) is 9.65. The highest BCUT2D eigenvalue weighted by Gasteiger charge is 2.47. The average Bonchev–Trinajstić information content (AvgIpc) is 3.04. The molecule has 0 saturated carbocycles. The third-order valence-corrected chi connectivity index (χ3v) is 10.1. The normalized spacial score (nSPS) is 11.7. The van der Waals surface area contributed by atoms with Crippen molar-refractivity contribution in [3.8, 4) is 0 Å². The topological polar surface area (TPSA) is 0 Å². The van der Waals surface area contributed by atoms with Crippen LogP contribution in [-0.2, 0) is 10.3 Å². The van der Waals surface area contributed by atoms with E-state index in [4.69, 9.17) is 0 Å². The lowest BCUT2D eigenvalue weighted by molar-refractivity contribution is 0.815. The summed E-state index contributed by atoms with van der Waals surface area (Å²) in [7, 11) is 0.420. The minimum absolute atomic E-state index is 0.398. The first kappa shape index (κ1) is 25.1. The van der Waals surface area contributed by atoms with E-state index in [1.54, 1.807) is 0 Å². The van der Waals surface area contributed by atoms with Crippen molar-refractivity contribution in [2.45, 2.75) is 10.3 Å². The molecule has 0 radical (unpaired) electrons. The quantitative estimate of drug-likeness (QED) is 0.139. The highest BCUT2D eigenvalue weighted by molar-refractivity contribution is 7.42. The molecule has 0 bridgehead atoms. The van der Waals surface area contributed by atoms with Crippen LogP contribution < -0.4 is 0 Å². The summed E-state index contributed by atoms with van der Waals surface area (Å²) in [4.78, 5) is 0. The second-order valence-corrected chi connectivity index (χ2v) is 11.6. The maximum Gasteiger partial charge on any atom is 0.0635 e. The largest absolute Gasteiger partial charge is 0.0809 e. The van der Waals surface area contributed by atoms with E-state index in [1.807, 2.05) is 0 Å². The third-order valence-electron chi connectivity index (χ3n) is 7.62. The van der Waals surface area contributed by atoms with Crippen LogP contribution in [0.5, 0.6) is 0 Å². The maximum atomic E-state index is 2.30. The van der Waals surface area contributed by atoms with Crippen molar-refractivity contribution in [2.24, 2.45) is 0 Å². The van der Waals surface area contributed by atoms with Gasteiger partial charge in [0.1, 0.15) is 0 Å². The van der Waals surface area contributed by atoms with Gasteiger partial charge in [0.2, 0.25) is 0 Å². The van der Waals surface area contributed by atoms with Crippen LogP contribution >= 0.6 is 8.58 Å². The molecule has 6 aromatic rings. The van der Waals surface area contributed by atoms with Crippen molar-refractivity contribution >= 4 is 8.58 Å². The molecule has 0 aromatic heterocycles. The Labute approximate surface area is 233 Å². The first-order valence-corrected chi connectivity index (χ1v) is 14.5. The average molecular weight is 519 g/mol. The van der Waals surface area contributed by atoms with Crippen LogP contribution in [0.3, 0.4) is 0 Å². The van der Waals surface area contributed by atoms with Crippen molar-refractivity contribution in [3.63, 3.8) is 0 Å². The lowest BCUT2D eigenvalue weighted by Crippen LogP contribution is -2.34. The summed E-state index contributed by atoms with van der Waals surface area (Å²) in [6.07, 6.45) is 0. The van der Waals surface area contributed by atoms with Gasteiger partial charge in [0.25, 0.3) is 0 Å². The van der Waals surface area contributed by atoms with Crippen LogP contribution in [0.25, 0.3) is 0 Å². The van der Waals surface area contributed by atoms with Crippen molar-refractivity contribution in [1.82, 2.24) is 0 Å². The fourth-order valence-electron chi connectivity index (χ4n) is 5.84. The Morgan fingerprint density at radius 1 is 0.231 bits per heavy atom. The molecule has 0 nitrogen and oxygen atoms in total. The van der Waals surface area contributed by atoms with E-state index in [1.165, 1.54) is 33.4 Å². The van der Waals surface area contributed by atoms with Gasteiger partial charge in [-0.2, -0.15) is 0 Å². The van der Waals surface area contributed by atoms with Crippen LogP contribution in [0.2, 0.25) is 0 Å². The summed E-state index contributed by atoms with van der Waals surface area (Å²) >= 11 is 0. The van der Waals surface area contributed by atoms with E-state index >= 15 is 0 Å². The predicted molar refractivity (Wildman–Crippen MR) is 167 cm³/mol. The van der Waals surface area contributed by atoms with Gasteiger partial charge in [-0.15, -0.1) is 0 Å². The Balaban J connectivity index is 1.76. The molecule has 0 aliphatic carbocycles. The minimum atomic E-state index is -0.398. The van der Waals surface area contributed by atoms with Crippen LogP contribution in [0, 0.1) is 0 Å². The van der Waals surface area contributed by atoms with Gasteiger partial charge in [0.15, 0.2) is 0 Å². The Morgan fingerprint density at radius 3 is 0.538 bits per heavy atom. The first-order chi connectivity index (χ1) is 19.3. The number of rotatable bonds is 8. The molecule has 0 spiro atoms. The van der Waals surface area contributed by atoms with Crippen molar-refractivity contribution < 1.29 is 0 Å². The first-order valence-electron chi connectivity index (χ1n) is 13.5. The third kappa shape index (κ3) is 4.63. The molecule has 0 aliphatic heterocycles. The Hall–Kier alpha value is -4.25. The van der Waals surface area contributed by atoms with Gasteiger partial charge in [-0.05, 0) is 33.4 Å². The summed E-state index contributed by atoms with van der Waals surface area (Å²) in [5, 5.41) is -0.795. The molecule has 0 fully saturated rings. The molecule has 6 aromatic carbocycles. The van der Waals surface area contributed by atoms with E-state index in [0.29, 0.717) is 8.58 Å². The highest BCUT2D eigenvalue weighted by Crippen LogP contribution is 2.65. The van der Waals surface area contributed by atoms with Gasteiger partial charge in [0.05, 0.1) is 10.3 Å². The fourth-order valence-corrected chi connectivity index (χ4v) is 8.27. The molecular weight excluding hydrogens is 487 g/mol. The van der Waals surface area contributed by atoms with Gasteiger partial charge in [-0.25, -0.2) is 0 Å². The summed E-state index contributed by atoms with van der Waals surface area (Å²) in [5.74, 6) is 0. The Kier molecular flexibility index (Phi) is 7.22. The molecule has 188 valence electrons. The van der Waals surface area contributed by atoms with Gasteiger partial charge in [-0.3, -0.25) is 0 Å². The van der Waals surface area contributed by atoms with Gasteiger partial charge in [-0.1, -0.05) is 191 Å². The zero-order chi connectivity index (χ0) is 26.4. The monoisotopic (exact) mass is 518 g/mol. The van der Waals surface area contributed by atoms with E-state index < -0.39 is 10.3 Å². The number of hydrogen-bond donors (Lipinski definition) is 0. The second-order valence-electron chi connectivity index (χ2n) is 9.82. The second kappa shape index (κ2) is 11.2. The van der Waals surface area contributed by atoms with Crippen molar-refractivity contribution in [1.29, 1.82) is 0 Å². The summed E-state index contributed by atoms with van der Waals surface area (Å²) < 4.78 is 0. The molecule has 0 N–H and O–H groups in total. The number of hydrogen-bond acceptors (Lipinski definition) is 0. The van der Waals surface area contributed by atoms with Gasteiger partial charge >= 0.3 is 0 Å². The van der Waals surface area contributed by atoms with Crippen LogP contribution in [0.4, 0.5) is 0 Å². The summed E-state index contributed by atoms with van der Waals surface area (Å²) in [5.41, 5.74) is 7.79. The zero-order valence-corrected chi connectivity index (χ0v) is 22.8. The molecule has 39 heavy (non-hydrogen) atoms. The molecule has 0 unspecified atom stereocenters. The molecule has 0 heterocycles. The zero-order valence-electron chi connectivity index (χ0n) is 21.8. The summed E-state index contributed by atoms with van der Waals surface area (Å²) in [6.45, 7) is 0. The SMILES string of the molecule is c1ccc(C(PC(c2ccccc2)(c2ccccc2)c2ccccc2)(c2ccccc2)c2ccccc2)cc1. The summed E-state index contributed by atoms with van der Waals surface area (Å²) in [6, 6.07) is 66.5. The smallest absolute Gasteiger partial charge is 0.0635 e. The maximum absolute atomic E-state index is 2.30. The number of benzene rings is 6. The van der Waals surface area contributed by atoms with E-state index in [2.05, 4.69) is 182 Å². The van der Waals surface area contributed by atoms with Crippen LogP contribution in [-0.4, -0.2) is 0 Å². The van der Waals surface area contributed by atoms with Gasteiger partial charge < -0.3 is 0 Å². The van der Waals surface area contributed by atoms with E-state index in [0.717, 1.165) is 0 Å². The molecule has 6 rings (SSSR count). The lowest BCUT2D eigenvalue weighted by atomic mass is 9.82. The molecular formula is C38H31P. The van der Waals surface area contributed by atoms with Crippen LogP contribution in [0.15, 0.2) is 182 Å². The van der Waals surface area contributed by atoms with Crippen molar-refractivity contribution in [2.75, 3.05) is 0 Å². The van der Waals surface area contributed by atoms with Gasteiger partial charge in [0, 0.05) is 0 Å². The molecule has 0 saturated heterocycles.